The summed E-state index contributed by atoms with van der Waals surface area (Å²) in [5, 5.41) is 7.72. The lowest BCUT2D eigenvalue weighted by Crippen LogP contribution is -2.47. The van der Waals surface area contributed by atoms with Crippen LogP contribution in [-0.2, 0) is 9.63 Å². The minimum atomic E-state index is -0.643. The Hall–Kier alpha value is -4.29. The molecule has 1 atom stereocenters. The van der Waals surface area contributed by atoms with Crippen LogP contribution in [0.25, 0.3) is 0 Å². The number of piperazine rings is 1. The van der Waals surface area contributed by atoms with Crippen LogP contribution >= 0.6 is 0 Å². The Morgan fingerprint density at radius 3 is 2.60 bits per heavy atom. The van der Waals surface area contributed by atoms with Gasteiger partial charge >= 0.3 is 0 Å². The summed E-state index contributed by atoms with van der Waals surface area (Å²) in [6.45, 7) is 7.55. The fraction of sp³-hybridized carbons (Fsp3) is 0.367. The zero-order chi connectivity index (χ0) is 29.2. The third-order valence-corrected chi connectivity index (χ3v) is 7.85. The van der Waals surface area contributed by atoms with Crippen molar-refractivity contribution < 1.29 is 23.1 Å². The Balaban J connectivity index is 1.27. The van der Waals surface area contributed by atoms with Gasteiger partial charge < -0.3 is 20.3 Å². The molecule has 2 N–H and O–H groups in total. The van der Waals surface area contributed by atoms with Gasteiger partial charge in [-0.15, -0.1) is 0 Å². The van der Waals surface area contributed by atoms with E-state index in [0.717, 1.165) is 37.9 Å². The number of nitrogens with one attached hydrogen (secondary N) is 2. The summed E-state index contributed by atoms with van der Waals surface area (Å²) >= 11 is 0. The maximum atomic E-state index is 14.6. The normalized spacial score (nSPS) is 19.1. The van der Waals surface area contributed by atoms with Crippen molar-refractivity contribution in [3.05, 3.63) is 72.6 Å². The molecule has 3 heterocycles. The zero-order valence-corrected chi connectivity index (χ0v) is 23.4. The molecule has 1 saturated carbocycles. The Labute approximate surface area is 242 Å². The van der Waals surface area contributed by atoms with E-state index in [1.165, 1.54) is 42.4 Å². The molecule has 0 radical (unpaired) electrons. The zero-order valence-electron chi connectivity index (χ0n) is 23.4. The molecule has 3 aliphatic rings. The number of amides is 1. The molecule has 42 heavy (non-hydrogen) atoms. The van der Waals surface area contributed by atoms with Gasteiger partial charge in [-0.3, -0.25) is 14.5 Å². The standard InChI is InChI=1S/C30H33F2N7O3/c1-3-30(40)36-23-15-24(27(41-2)16-26(23)38-11-9-37(10-12-38)20-5-6-20)35-28-17-29(34-18-33-28)39-25(8-13-42-39)21-7-4-19(31)14-22(21)32/h3-4,7,14-18,20,25H,1,5-6,8-13H2,2H3,(H,36,40)(H,33,34,35). The molecule has 1 aliphatic carbocycles. The summed E-state index contributed by atoms with van der Waals surface area (Å²) in [6, 6.07) is 9.14. The van der Waals surface area contributed by atoms with Crippen molar-refractivity contribution >= 4 is 34.6 Å². The van der Waals surface area contributed by atoms with Gasteiger partial charge in [-0.1, -0.05) is 12.6 Å². The summed E-state index contributed by atoms with van der Waals surface area (Å²) in [7, 11) is 1.59. The summed E-state index contributed by atoms with van der Waals surface area (Å²) in [5.74, 6) is -0.203. The molecule has 1 amide bonds. The van der Waals surface area contributed by atoms with E-state index in [-0.39, 0.29) is 5.91 Å². The minimum absolute atomic E-state index is 0.319. The van der Waals surface area contributed by atoms with Crippen molar-refractivity contribution in [3.63, 3.8) is 0 Å². The van der Waals surface area contributed by atoms with Crippen LogP contribution in [0.4, 0.5) is 37.5 Å². The lowest BCUT2D eigenvalue weighted by Gasteiger charge is -2.37. The smallest absolute Gasteiger partial charge is 0.247 e. The monoisotopic (exact) mass is 577 g/mol. The number of hydrogen-bond acceptors (Lipinski definition) is 9. The minimum Gasteiger partial charge on any atom is -0.494 e. The highest BCUT2D eigenvalue weighted by Crippen LogP contribution is 2.40. The molecular weight excluding hydrogens is 544 g/mol. The van der Waals surface area contributed by atoms with Crippen LogP contribution in [0, 0.1) is 11.6 Å². The highest BCUT2D eigenvalue weighted by molar-refractivity contribution is 6.02. The van der Waals surface area contributed by atoms with Crippen LogP contribution in [-0.4, -0.2) is 66.7 Å². The van der Waals surface area contributed by atoms with E-state index in [1.807, 2.05) is 12.1 Å². The van der Waals surface area contributed by atoms with Gasteiger partial charge in [-0.05, 0) is 31.1 Å². The molecule has 220 valence electrons. The number of ether oxygens (including phenoxy) is 1. The van der Waals surface area contributed by atoms with Crippen LogP contribution in [0.3, 0.4) is 0 Å². The number of hydroxylamine groups is 1. The van der Waals surface area contributed by atoms with Gasteiger partial charge in [0.05, 0.1) is 36.8 Å². The molecule has 0 spiro atoms. The Bertz CT molecular complexity index is 1480. The molecule has 2 aliphatic heterocycles. The highest BCUT2D eigenvalue weighted by atomic mass is 19.1. The van der Waals surface area contributed by atoms with E-state index < -0.39 is 17.7 Å². The van der Waals surface area contributed by atoms with Crippen molar-refractivity contribution in [3.8, 4) is 5.75 Å². The van der Waals surface area contributed by atoms with E-state index in [1.54, 1.807) is 13.2 Å². The van der Waals surface area contributed by atoms with Crippen molar-refractivity contribution in [1.29, 1.82) is 0 Å². The van der Waals surface area contributed by atoms with Crippen molar-refractivity contribution in [1.82, 2.24) is 14.9 Å². The molecular formula is C30H33F2N7O3. The average molecular weight is 578 g/mol. The molecule has 2 saturated heterocycles. The number of benzene rings is 2. The highest BCUT2D eigenvalue weighted by Gasteiger charge is 2.33. The van der Waals surface area contributed by atoms with Crippen molar-refractivity contribution in [2.75, 3.05) is 60.5 Å². The van der Waals surface area contributed by atoms with Gasteiger partial charge in [0, 0.05) is 62.4 Å². The second-order valence-electron chi connectivity index (χ2n) is 10.5. The lowest BCUT2D eigenvalue weighted by atomic mass is 10.0. The van der Waals surface area contributed by atoms with Crippen LogP contribution in [0.2, 0.25) is 0 Å². The topological polar surface area (TPSA) is 95.1 Å². The fourth-order valence-corrected chi connectivity index (χ4v) is 5.57. The number of halogens is 2. The van der Waals surface area contributed by atoms with Gasteiger partial charge in [0.25, 0.3) is 0 Å². The number of anilines is 5. The second-order valence-corrected chi connectivity index (χ2v) is 10.5. The number of aromatic nitrogens is 2. The molecule has 1 aromatic heterocycles. The van der Waals surface area contributed by atoms with E-state index in [4.69, 9.17) is 9.57 Å². The molecule has 12 heteroatoms. The predicted molar refractivity (Wildman–Crippen MR) is 156 cm³/mol. The Morgan fingerprint density at radius 2 is 1.88 bits per heavy atom. The summed E-state index contributed by atoms with van der Waals surface area (Å²) in [6.07, 6.45) is 5.66. The second kappa shape index (κ2) is 11.9. The fourth-order valence-electron chi connectivity index (χ4n) is 5.57. The summed E-state index contributed by atoms with van der Waals surface area (Å²) in [5.41, 5.74) is 2.37. The number of nitrogens with zero attached hydrogens (tertiary/aromatic N) is 5. The van der Waals surface area contributed by atoms with Crippen LogP contribution in [0.1, 0.15) is 30.9 Å². The summed E-state index contributed by atoms with van der Waals surface area (Å²) < 4.78 is 33.9. The largest absolute Gasteiger partial charge is 0.494 e. The molecule has 6 rings (SSSR count). The average Bonchev–Trinajstić information content (AvgIpc) is 3.74. The molecule has 0 bridgehead atoms. The Kier molecular flexibility index (Phi) is 7.90. The third-order valence-electron chi connectivity index (χ3n) is 7.85. The first-order valence-corrected chi connectivity index (χ1v) is 14.0. The maximum absolute atomic E-state index is 14.6. The predicted octanol–water partition coefficient (Wildman–Crippen LogP) is 4.80. The molecule has 1 unspecified atom stereocenters. The van der Waals surface area contributed by atoms with Gasteiger partial charge in [-0.25, -0.2) is 23.8 Å². The van der Waals surface area contributed by atoms with Crippen LogP contribution in [0.5, 0.6) is 5.75 Å². The quantitative estimate of drug-likeness (QED) is 0.348. The number of methoxy groups -OCH3 is 1. The molecule has 3 fully saturated rings. The number of carbonyl (C=O) groups excluding carboxylic acids is 1. The van der Waals surface area contributed by atoms with Crippen molar-refractivity contribution in [2.24, 2.45) is 0 Å². The van der Waals surface area contributed by atoms with E-state index in [2.05, 4.69) is 37.0 Å². The number of carbonyl (C=O) groups is 1. The van der Waals surface area contributed by atoms with Gasteiger partial charge in [0.2, 0.25) is 5.91 Å². The Morgan fingerprint density at radius 1 is 1.07 bits per heavy atom. The van der Waals surface area contributed by atoms with E-state index in [9.17, 15) is 13.6 Å². The van der Waals surface area contributed by atoms with E-state index in [0.29, 0.717) is 53.4 Å². The van der Waals surface area contributed by atoms with Gasteiger partial charge in [-0.2, -0.15) is 0 Å². The van der Waals surface area contributed by atoms with Crippen LogP contribution < -0.4 is 25.3 Å². The molecule has 2 aromatic carbocycles. The van der Waals surface area contributed by atoms with Gasteiger partial charge in [0.15, 0.2) is 5.82 Å². The maximum Gasteiger partial charge on any atom is 0.247 e. The lowest BCUT2D eigenvalue weighted by molar-refractivity contribution is -0.111. The molecule has 10 nitrogen and oxygen atoms in total. The number of hydrogen-bond donors (Lipinski definition) is 2. The van der Waals surface area contributed by atoms with E-state index >= 15 is 0 Å². The SMILES string of the molecule is C=CC(=O)Nc1cc(Nc2cc(N3OCCC3c3ccc(F)cc3F)ncn2)c(OC)cc1N1CCN(C2CC2)CC1. The van der Waals surface area contributed by atoms with Gasteiger partial charge in [0.1, 0.15) is 29.5 Å². The van der Waals surface area contributed by atoms with Crippen LogP contribution in [0.15, 0.2) is 55.4 Å². The first-order chi connectivity index (χ1) is 20.4. The summed E-state index contributed by atoms with van der Waals surface area (Å²) in [4.78, 5) is 31.6. The first kappa shape index (κ1) is 27.9. The van der Waals surface area contributed by atoms with Crippen molar-refractivity contribution in [2.45, 2.75) is 31.3 Å². The third kappa shape index (κ3) is 5.86. The number of rotatable bonds is 9. The first-order valence-electron chi connectivity index (χ1n) is 14.0. The molecule has 3 aromatic rings.